The smallest absolute Gasteiger partial charge is 0.191 e. The van der Waals surface area contributed by atoms with E-state index in [2.05, 4.69) is 74.8 Å². The highest BCUT2D eigenvalue weighted by Gasteiger charge is 2.03. The van der Waals surface area contributed by atoms with Gasteiger partial charge in [0, 0.05) is 26.1 Å². The van der Waals surface area contributed by atoms with Gasteiger partial charge in [0.2, 0.25) is 0 Å². The zero-order valence-electron chi connectivity index (χ0n) is 17.1. The Morgan fingerprint density at radius 3 is 2.34 bits per heavy atom. The lowest BCUT2D eigenvalue weighted by Gasteiger charge is -2.13. The predicted molar refractivity (Wildman–Crippen MR) is 118 cm³/mol. The van der Waals surface area contributed by atoms with Crippen molar-refractivity contribution in [2.45, 2.75) is 39.3 Å². The molecule has 0 bridgehead atoms. The van der Waals surface area contributed by atoms with Gasteiger partial charge in [-0.2, -0.15) is 0 Å². The first-order valence-corrected chi connectivity index (χ1v) is 10.3. The molecule has 2 N–H and O–H groups in total. The Morgan fingerprint density at radius 2 is 1.62 bits per heavy atom. The van der Waals surface area contributed by atoms with E-state index in [4.69, 9.17) is 4.99 Å². The summed E-state index contributed by atoms with van der Waals surface area (Å²) < 4.78 is 2.08. The molecule has 0 atom stereocenters. The Kier molecular flexibility index (Phi) is 8.26. The molecule has 0 aliphatic heterocycles. The number of guanidine groups is 1. The van der Waals surface area contributed by atoms with Crippen molar-refractivity contribution in [3.8, 4) is 0 Å². The van der Waals surface area contributed by atoms with Crippen LogP contribution in [0.2, 0.25) is 0 Å². The maximum absolute atomic E-state index is 4.75. The molecule has 2 aromatic carbocycles. The second-order valence-corrected chi connectivity index (χ2v) is 6.89. The zero-order chi connectivity index (χ0) is 20.2. The molecule has 1 heterocycles. The quantitative estimate of drug-likeness (QED) is 0.317. The molecular weight excluding hydrogens is 360 g/mol. The minimum Gasteiger partial charge on any atom is -0.356 e. The van der Waals surface area contributed by atoms with Crippen molar-refractivity contribution in [3.63, 3.8) is 0 Å². The lowest BCUT2D eigenvalue weighted by Crippen LogP contribution is -2.39. The molecule has 6 heteroatoms. The Labute approximate surface area is 173 Å². The van der Waals surface area contributed by atoms with Crippen LogP contribution in [0.25, 0.3) is 0 Å². The fourth-order valence-corrected chi connectivity index (χ4v) is 3.11. The van der Waals surface area contributed by atoms with Crippen LogP contribution in [0.4, 0.5) is 0 Å². The van der Waals surface area contributed by atoms with Crippen molar-refractivity contribution in [2.75, 3.05) is 13.1 Å². The first-order valence-electron chi connectivity index (χ1n) is 10.3. The molecule has 152 valence electrons. The van der Waals surface area contributed by atoms with E-state index in [9.17, 15) is 0 Å². The molecule has 1 aromatic heterocycles. The predicted octanol–water partition coefficient (Wildman–Crippen LogP) is 3.21. The summed E-state index contributed by atoms with van der Waals surface area (Å²) in [6.07, 6.45) is 4.78. The summed E-state index contributed by atoms with van der Waals surface area (Å²) >= 11 is 0. The van der Waals surface area contributed by atoms with Crippen LogP contribution in [0.1, 0.15) is 30.3 Å². The van der Waals surface area contributed by atoms with Gasteiger partial charge in [-0.05, 0) is 24.0 Å². The molecule has 29 heavy (non-hydrogen) atoms. The van der Waals surface area contributed by atoms with Crippen molar-refractivity contribution in [2.24, 2.45) is 4.99 Å². The van der Waals surface area contributed by atoms with Crippen molar-refractivity contribution in [1.29, 1.82) is 0 Å². The highest BCUT2D eigenvalue weighted by molar-refractivity contribution is 5.79. The van der Waals surface area contributed by atoms with E-state index in [1.54, 1.807) is 6.33 Å². The number of hydrogen-bond donors (Lipinski definition) is 2. The van der Waals surface area contributed by atoms with Gasteiger partial charge in [0.15, 0.2) is 5.96 Å². The van der Waals surface area contributed by atoms with E-state index in [1.807, 2.05) is 18.2 Å². The lowest BCUT2D eigenvalue weighted by molar-refractivity contribution is 0.629. The summed E-state index contributed by atoms with van der Waals surface area (Å²) in [5.41, 5.74) is 2.56. The van der Waals surface area contributed by atoms with Crippen LogP contribution in [0.15, 0.2) is 72.0 Å². The summed E-state index contributed by atoms with van der Waals surface area (Å²) in [7, 11) is 0. The SMILES string of the molecule is CCc1nncn1CCNC(=NCc1ccccc1)NCCCc1ccccc1. The van der Waals surface area contributed by atoms with Crippen molar-refractivity contribution in [3.05, 3.63) is 83.9 Å². The minimum atomic E-state index is 0.654. The van der Waals surface area contributed by atoms with Gasteiger partial charge >= 0.3 is 0 Å². The molecule has 0 aliphatic rings. The number of nitrogens with one attached hydrogen (secondary N) is 2. The maximum atomic E-state index is 4.75. The third kappa shape index (κ3) is 7.07. The van der Waals surface area contributed by atoms with Gasteiger partial charge in [-0.1, -0.05) is 67.6 Å². The highest BCUT2D eigenvalue weighted by atomic mass is 15.3. The Hall–Kier alpha value is -3.15. The highest BCUT2D eigenvalue weighted by Crippen LogP contribution is 2.02. The van der Waals surface area contributed by atoms with Gasteiger partial charge in [-0.15, -0.1) is 10.2 Å². The number of nitrogens with zero attached hydrogens (tertiary/aromatic N) is 4. The summed E-state index contributed by atoms with van der Waals surface area (Å²) in [4.78, 5) is 4.75. The van der Waals surface area contributed by atoms with E-state index >= 15 is 0 Å². The van der Waals surface area contributed by atoms with Gasteiger partial charge in [-0.25, -0.2) is 4.99 Å². The van der Waals surface area contributed by atoms with E-state index in [-0.39, 0.29) is 0 Å². The lowest BCUT2D eigenvalue weighted by atomic mass is 10.1. The monoisotopic (exact) mass is 390 g/mol. The van der Waals surface area contributed by atoms with Crippen LogP contribution in [0.3, 0.4) is 0 Å². The summed E-state index contributed by atoms with van der Waals surface area (Å²) in [6, 6.07) is 20.9. The standard InChI is InChI=1S/C23H30N6/c1-2-22-28-27-19-29(22)17-16-25-23(26-18-21-12-7-4-8-13-21)24-15-9-14-20-10-5-3-6-11-20/h3-8,10-13,19H,2,9,14-18H2,1H3,(H2,24,25,26). The Bertz CT molecular complexity index is 857. The third-order valence-corrected chi connectivity index (χ3v) is 4.70. The molecule has 0 radical (unpaired) electrons. The number of aliphatic imine (C=N–C) groups is 1. The number of benzene rings is 2. The topological polar surface area (TPSA) is 67.1 Å². The maximum Gasteiger partial charge on any atom is 0.191 e. The molecule has 3 aromatic rings. The van der Waals surface area contributed by atoms with Gasteiger partial charge in [-0.3, -0.25) is 0 Å². The van der Waals surface area contributed by atoms with Gasteiger partial charge in [0.1, 0.15) is 12.2 Å². The van der Waals surface area contributed by atoms with Crippen molar-refractivity contribution in [1.82, 2.24) is 25.4 Å². The van der Waals surface area contributed by atoms with E-state index in [1.165, 1.54) is 11.1 Å². The van der Waals surface area contributed by atoms with Gasteiger partial charge in [0.05, 0.1) is 6.54 Å². The molecule has 0 saturated heterocycles. The average Bonchev–Trinajstić information content (AvgIpc) is 3.23. The molecule has 0 fully saturated rings. The zero-order valence-corrected chi connectivity index (χ0v) is 17.1. The summed E-state index contributed by atoms with van der Waals surface area (Å²) in [6.45, 7) is 5.20. The van der Waals surface area contributed by atoms with Crippen LogP contribution in [0.5, 0.6) is 0 Å². The molecule has 0 spiro atoms. The molecule has 0 amide bonds. The van der Waals surface area contributed by atoms with Crippen LogP contribution in [-0.4, -0.2) is 33.8 Å². The molecule has 3 rings (SSSR count). The normalized spacial score (nSPS) is 11.4. The largest absolute Gasteiger partial charge is 0.356 e. The van der Waals surface area contributed by atoms with E-state index < -0.39 is 0 Å². The molecular formula is C23H30N6. The molecule has 0 saturated carbocycles. The van der Waals surface area contributed by atoms with Gasteiger partial charge in [0.25, 0.3) is 0 Å². The van der Waals surface area contributed by atoms with Crippen molar-refractivity contribution >= 4 is 5.96 Å². The van der Waals surface area contributed by atoms with E-state index in [0.29, 0.717) is 6.54 Å². The molecule has 6 nitrogen and oxygen atoms in total. The third-order valence-electron chi connectivity index (χ3n) is 4.70. The van der Waals surface area contributed by atoms with Crippen LogP contribution < -0.4 is 10.6 Å². The second kappa shape index (κ2) is 11.6. The van der Waals surface area contributed by atoms with Gasteiger partial charge < -0.3 is 15.2 Å². The van der Waals surface area contributed by atoms with Crippen LogP contribution >= 0.6 is 0 Å². The molecule has 0 aliphatic carbocycles. The average molecular weight is 391 g/mol. The Balaban J connectivity index is 1.51. The van der Waals surface area contributed by atoms with Crippen LogP contribution in [-0.2, 0) is 25.9 Å². The second-order valence-electron chi connectivity index (χ2n) is 6.89. The first kappa shape index (κ1) is 20.6. The first-order chi connectivity index (χ1) is 14.3. The number of aryl methyl sites for hydroxylation is 2. The fourth-order valence-electron chi connectivity index (χ4n) is 3.11. The van der Waals surface area contributed by atoms with E-state index in [0.717, 1.165) is 50.7 Å². The molecule has 0 unspecified atom stereocenters. The summed E-state index contributed by atoms with van der Waals surface area (Å²) in [5.74, 6) is 1.85. The van der Waals surface area contributed by atoms with Crippen molar-refractivity contribution < 1.29 is 0 Å². The fraction of sp³-hybridized carbons (Fsp3) is 0.348. The van der Waals surface area contributed by atoms with Crippen LogP contribution in [0, 0.1) is 0 Å². The Morgan fingerprint density at radius 1 is 0.931 bits per heavy atom. The summed E-state index contributed by atoms with van der Waals surface area (Å²) in [5, 5.41) is 15.0. The number of hydrogen-bond acceptors (Lipinski definition) is 3. The number of aromatic nitrogens is 3. The minimum absolute atomic E-state index is 0.654. The number of rotatable bonds is 10.